The molecule has 5 nitrogen and oxygen atoms in total. The fourth-order valence-corrected chi connectivity index (χ4v) is 2.94. The summed E-state index contributed by atoms with van der Waals surface area (Å²) in [6.07, 6.45) is 1.76. The average Bonchev–Trinajstić information content (AvgIpc) is 2.58. The van der Waals surface area contributed by atoms with Crippen LogP contribution in [0.1, 0.15) is 11.3 Å². The van der Waals surface area contributed by atoms with Crippen LogP contribution in [0.2, 0.25) is 0 Å². The lowest BCUT2D eigenvalue weighted by molar-refractivity contribution is 0.148. The molecule has 0 bridgehead atoms. The van der Waals surface area contributed by atoms with E-state index in [2.05, 4.69) is 45.3 Å². The van der Waals surface area contributed by atoms with E-state index in [0.717, 1.165) is 44.1 Å². The van der Waals surface area contributed by atoms with Crippen LogP contribution in [-0.4, -0.2) is 58.5 Å². The van der Waals surface area contributed by atoms with Crippen molar-refractivity contribution < 1.29 is 5.48 Å². The van der Waals surface area contributed by atoms with Gasteiger partial charge in [0.2, 0.25) is 0 Å². The van der Waals surface area contributed by atoms with Crippen LogP contribution in [0, 0.1) is 0 Å². The number of nitrogens with one attached hydrogen (secondary N) is 1. The van der Waals surface area contributed by atoms with E-state index in [4.69, 9.17) is 12.2 Å². The Morgan fingerprint density at radius 1 is 1.08 bits per heavy atom. The molecule has 0 atom stereocenters. The number of piperazine rings is 1. The first-order valence-electron chi connectivity index (χ1n) is 7.93. The summed E-state index contributed by atoms with van der Waals surface area (Å²) < 4.78 is 0. The Balaban J connectivity index is 0.00000208. The maximum Gasteiger partial charge on any atom is 0.129 e. The van der Waals surface area contributed by atoms with Crippen molar-refractivity contribution in [2.24, 2.45) is 0 Å². The second kappa shape index (κ2) is 12.2. The second-order valence-electron chi connectivity index (χ2n) is 5.95. The van der Waals surface area contributed by atoms with Gasteiger partial charge in [-0.25, -0.2) is 0 Å². The van der Waals surface area contributed by atoms with Crippen molar-refractivity contribution in [2.45, 2.75) is 6.54 Å². The van der Waals surface area contributed by atoms with Crippen LogP contribution in [0.4, 0.5) is 5.69 Å². The molecule has 2 aromatic rings. The van der Waals surface area contributed by atoms with Crippen molar-refractivity contribution >= 4 is 47.7 Å². The van der Waals surface area contributed by atoms with Crippen molar-refractivity contribution in [3.63, 3.8) is 0 Å². The Bertz CT molecular complexity index is 667. The molecule has 0 aliphatic carbocycles. The summed E-state index contributed by atoms with van der Waals surface area (Å²) in [5.74, 6) is 0. The number of benzene rings is 1. The summed E-state index contributed by atoms with van der Waals surface area (Å²) in [4.78, 5) is 9.81. The number of thiocarbonyl (C=S) groups is 1. The van der Waals surface area contributed by atoms with Gasteiger partial charge in [0, 0.05) is 44.6 Å². The van der Waals surface area contributed by atoms with Crippen LogP contribution in [0.3, 0.4) is 0 Å². The number of halogens is 2. The lowest BCUT2D eigenvalue weighted by atomic mass is 10.1. The summed E-state index contributed by atoms with van der Waals surface area (Å²) in [5, 5.41) is 3.29. The molecule has 26 heavy (non-hydrogen) atoms. The first-order valence-corrected chi connectivity index (χ1v) is 8.34. The second-order valence-corrected chi connectivity index (χ2v) is 6.36. The summed E-state index contributed by atoms with van der Waals surface area (Å²) >= 11 is 5.43. The van der Waals surface area contributed by atoms with Gasteiger partial charge in [0.15, 0.2) is 0 Å². The van der Waals surface area contributed by atoms with Crippen LogP contribution in [-0.2, 0) is 6.54 Å². The number of anilines is 1. The zero-order valence-electron chi connectivity index (χ0n) is 14.7. The van der Waals surface area contributed by atoms with Crippen LogP contribution in [0.5, 0.6) is 0 Å². The van der Waals surface area contributed by atoms with Gasteiger partial charge in [0.05, 0.1) is 5.69 Å². The normalized spacial score (nSPS) is 14.3. The predicted molar refractivity (Wildman–Crippen MR) is 117 cm³/mol. The maximum atomic E-state index is 5.43. The molecular weight excluding hydrogens is 391 g/mol. The standard InChI is InChI=1S/C18H22N4S.2ClH.H2O/c1-21-9-11-22(12-10-21)14-15-5-4-6-16(13-15)20-18(23)17-7-2-3-8-19-17;;;/h2-8,13H,9-12,14H2,1H3,(H,20,23);2*1H;1H2. The van der Waals surface area contributed by atoms with E-state index in [9.17, 15) is 0 Å². The summed E-state index contributed by atoms with van der Waals surface area (Å²) in [5.41, 5.74) is 3.13. The van der Waals surface area contributed by atoms with Gasteiger partial charge >= 0.3 is 0 Å². The molecule has 3 rings (SSSR count). The van der Waals surface area contributed by atoms with Gasteiger partial charge in [-0.2, -0.15) is 0 Å². The number of aromatic nitrogens is 1. The Labute approximate surface area is 172 Å². The van der Waals surface area contributed by atoms with Gasteiger partial charge in [-0.1, -0.05) is 30.4 Å². The Hall–Kier alpha value is -1.28. The highest BCUT2D eigenvalue weighted by Crippen LogP contribution is 2.15. The number of rotatable bonds is 4. The van der Waals surface area contributed by atoms with Crippen molar-refractivity contribution in [1.82, 2.24) is 14.8 Å². The van der Waals surface area contributed by atoms with Crippen LogP contribution < -0.4 is 5.32 Å². The minimum Gasteiger partial charge on any atom is -0.412 e. The highest BCUT2D eigenvalue weighted by atomic mass is 35.5. The molecule has 3 N–H and O–H groups in total. The largest absolute Gasteiger partial charge is 0.412 e. The molecule has 0 spiro atoms. The molecule has 0 radical (unpaired) electrons. The third kappa shape index (κ3) is 7.15. The van der Waals surface area contributed by atoms with E-state index in [1.807, 2.05) is 24.3 Å². The first-order chi connectivity index (χ1) is 11.2. The smallest absolute Gasteiger partial charge is 0.129 e. The van der Waals surface area contributed by atoms with Crippen LogP contribution in [0.25, 0.3) is 0 Å². The molecule has 1 fully saturated rings. The first kappa shape index (κ1) is 24.7. The molecule has 1 aromatic heterocycles. The number of nitrogens with zero attached hydrogens (tertiary/aromatic N) is 3. The third-order valence-corrected chi connectivity index (χ3v) is 4.40. The predicted octanol–water partition coefficient (Wildman–Crippen LogP) is 2.64. The van der Waals surface area contributed by atoms with E-state index >= 15 is 0 Å². The number of pyridine rings is 1. The highest BCUT2D eigenvalue weighted by Gasteiger charge is 2.14. The molecule has 0 saturated carbocycles. The molecule has 0 unspecified atom stereocenters. The Morgan fingerprint density at radius 2 is 1.81 bits per heavy atom. The van der Waals surface area contributed by atoms with Crippen molar-refractivity contribution in [2.75, 3.05) is 38.5 Å². The zero-order chi connectivity index (χ0) is 16.1. The molecular formula is C18H26Cl2N4OS. The van der Waals surface area contributed by atoms with Crippen molar-refractivity contribution in [3.8, 4) is 0 Å². The van der Waals surface area contributed by atoms with E-state index in [1.165, 1.54) is 5.56 Å². The average molecular weight is 417 g/mol. The minimum absolute atomic E-state index is 0. The fraction of sp³-hybridized carbons (Fsp3) is 0.333. The van der Waals surface area contributed by atoms with Gasteiger partial charge in [0.1, 0.15) is 4.99 Å². The van der Waals surface area contributed by atoms with Gasteiger partial charge in [-0.3, -0.25) is 9.88 Å². The molecule has 1 saturated heterocycles. The van der Waals surface area contributed by atoms with Crippen molar-refractivity contribution in [3.05, 3.63) is 59.9 Å². The van der Waals surface area contributed by atoms with E-state index in [0.29, 0.717) is 4.99 Å². The minimum atomic E-state index is 0. The SMILES string of the molecule is CN1CCN(Cc2cccc(NC(=S)c3ccccn3)c2)CC1.Cl.Cl.O. The van der Waals surface area contributed by atoms with E-state index in [-0.39, 0.29) is 30.3 Å². The lowest BCUT2D eigenvalue weighted by Gasteiger charge is -2.32. The number of hydrogen-bond donors (Lipinski definition) is 1. The molecule has 1 aliphatic heterocycles. The quantitative estimate of drug-likeness (QED) is 0.775. The Morgan fingerprint density at radius 3 is 2.46 bits per heavy atom. The van der Waals surface area contributed by atoms with Crippen LogP contribution >= 0.6 is 37.0 Å². The summed E-state index contributed by atoms with van der Waals surface area (Å²) in [6, 6.07) is 14.2. The maximum absolute atomic E-state index is 5.43. The number of likely N-dealkylation sites (N-methyl/N-ethyl adjacent to an activating group) is 1. The Kier molecular flexibility index (Phi) is 11.6. The van der Waals surface area contributed by atoms with Crippen LogP contribution in [0.15, 0.2) is 48.7 Å². The topological polar surface area (TPSA) is 62.9 Å². The highest BCUT2D eigenvalue weighted by molar-refractivity contribution is 7.81. The van der Waals surface area contributed by atoms with Gasteiger partial charge in [-0.05, 0) is 36.9 Å². The molecule has 2 heterocycles. The van der Waals surface area contributed by atoms with Crippen molar-refractivity contribution in [1.29, 1.82) is 0 Å². The molecule has 1 aromatic carbocycles. The number of hydrogen-bond acceptors (Lipinski definition) is 4. The van der Waals surface area contributed by atoms with Gasteiger partial charge in [-0.15, -0.1) is 24.8 Å². The third-order valence-electron chi connectivity index (χ3n) is 4.08. The molecule has 144 valence electrons. The zero-order valence-corrected chi connectivity index (χ0v) is 17.2. The van der Waals surface area contributed by atoms with E-state index < -0.39 is 0 Å². The summed E-state index contributed by atoms with van der Waals surface area (Å²) in [7, 11) is 2.18. The van der Waals surface area contributed by atoms with Gasteiger partial charge in [0.25, 0.3) is 0 Å². The lowest BCUT2D eigenvalue weighted by Crippen LogP contribution is -2.43. The molecule has 8 heteroatoms. The monoisotopic (exact) mass is 416 g/mol. The van der Waals surface area contributed by atoms with Gasteiger partial charge < -0.3 is 15.7 Å². The molecule has 0 amide bonds. The summed E-state index contributed by atoms with van der Waals surface area (Å²) in [6.45, 7) is 5.52. The molecule has 1 aliphatic rings. The van der Waals surface area contributed by atoms with E-state index in [1.54, 1.807) is 6.20 Å². The fourth-order valence-electron chi connectivity index (χ4n) is 2.70.